The van der Waals surface area contributed by atoms with E-state index in [-0.39, 0.29) is 12.3 Å². The number of benzene rings is 3. The van der Waals surface area contributed by atoms with Gasteiger partial charge in [-0.25, -0.2) is 4.39 Å². The number of nitrogens with one attached hydrogen (secondary N) is 1. The Balaban J connectivity index is 1.65. The molecule has 0 radical (unpaired) electrons. The van der Waals surface area contributed by atoms with Gasteiger partial charge in [-0.2, -0.15) is 0 Å². The van der Waals surface area contributed by atoms with Crippen LogP contribution in [0.5, 0.6) is 23.0 Å². The predicted octanol–water partition coefficient (Wildman–Crippen LogP) is 5.21. The molecule has 0 fully saturated rings. The summed E-state index contributed by atoms with van der Waals surface area (Å²) < 4.78 is 29.6. The first-order valence-electron chi connectivity index (χ1n) is 9.11. The Labute approximate surface area is 169 Å². The number of hydrogen-bond acceptors (Lipinski definition) is 4. The Hall–Kier alpha value is -3.54. The Morgan fingerprint density at radius 1 is 0.897 bits per heavy atom. The van der Waals surface area contributed by atoms with Gasteiger partial charge in [0.2, 0.25) is 5.91 Å². The summed E-state index contributed by atoms with van der Waals surface area (Å²) in [5.41, 5.74) is 1.45. The molecule has 0 bridgehead atoms. The molecule has 3 aromatic carbocycles. The van der Waals surface area contributed by atoms with E-state index >= 15 is 0 Å². The number of anilines is 1. The van der Waals surface area contributed by atoms with Crippen molar-refractivity contribution in [2.45, 2.75) is 12.8 Å². The zero-order valence-electron chi connectivity index (χ0n) is 16.3. The van der Waals surface area contributed by atoms with Crippen molar-refractivity contribution < 1.29 is 23.4 Å². The average Bonchev–Trinajstić information content (AvgIpc) is 2.73. The van der Waals surface area contributed by atoms with Gasteiger partial charge in [-0.1, -0.05) is 18.2 Å². The third-order valence-electron chi connectivity index (χ3n) is 4.24. The van der Waals surface area contributed by atoms with Crippen LogP contribution in [0.2, 0.25) is 0 Å². The fourth-order valence-corrected chi connectivity index (χ4v) is 2.80. The van der Waals surface area contributed by atoms with E-state index in [4.69, 9.17) is 14.2 Å². The smallest absolute Gasteiger partial charge is 0.224 e. The normalized spacial score (nSPS) is 10.3. The van der Waals surface area contributed by atoms with Gasteiger partial charge in [0.1, 0.15) is 23.1 Å². The first-order valence-corrected chi connectivity index (χ1v) is 9.11. The lowest BCUT2D eigenvalue weighted by Gasteiger charge is -2.13. The second-order valence-electron chi connectivity index (χ2n) is 6.32. The maximum atomic E-state index is 13.4. The molecule has 3 rings (SSSR count). The number of para-hydroxylation sites is 2. The molecule has 3 aromatic rings. The molecule has 29 heavy (non-hydrogen) atoms. The largest absolute Gasteiger partial charge is 0.497 e. The van der Waals surface area contributed by atoms with Crippen LogP contribution in [0, 0.1) is 5.82 Å². The van der Waals surface area contributed by atoms with Gasteiger partial charge in [-0.15, -0.1) is 0 Å². The van der Waals surface area contributed by atoms with Gasteiger partial charge in [0.05, 0.1) is 19.9 Å². The van der Waals surface area contributed by atoms with Gasteiger partial charge in [0.15, 0.2) is 5.75 Å². The van der Waals surface area contributed by atoms with Crippen LogP contribution in [0.1, 0.15) is 12.0 Å². The fraction of sp³-hybridized carbons (Fsp3) is 0.174. The highest BCUT2D eigenvalue weighted by molar-refractivity contribution is 5.92. The highest BCUT2D eigenvalue weighted by Crippen LogP contribution is 2.30. The molecule has 0 unspecified atom stereocenters. The molecule has 0 heterocycles. The summed E-state index contributed by atoms with van der Waals surface area (Å²) in [6.07, 6.45) is 0.789. The van der Waals surface area contributed by atoms with E-state index in [2.05, 4.69) is 5.32 Å². The van der Waals surface area contributed by atoms with Crippen molar-refractivity contribution in [1.29, 1.82) is 0 Å². The van der Waals surface area contributed by atoms with Crippen molar-refractivity contribution in [3.05, 3.63) is 78.1 Å². The topological polar surface area (TPSA) is 56.8 Å². The monoisotopic (exact) mass is 395 g/mol. The van der Waals surface area contributed by atoms with Crippen molar-refractivity contribution in [1.82, 2.24) is 0 Å². The molecule has 1 amide bonds. The van der Waals surface area contributed by atoms with E-state index < -0.39 is 5.82 Å². The van der Waals surface area contributed by atoms with E-state index in [1.165, 1.54) is 12.1 Å². The quantitative estimate of drug-likeness (QED) is 0.569. The summed E-state index contributed by atoms with van der Waals surface area (Å²) in [5, 5.41) is 2.85. The van der Waals surface area contributed by atoms with Gasteiger partial charge >= 0.3 is 0 Å². The third-order valence-corrected chi connectivity index (χ3v) is 4.24. The van der Waals surface area contributed by atoms with Crippen LogP contribution in [0.3, 0.4) is 0 Å². The molecule has 150 valence electrons. The lowest BCUT2D eigenvalue weighted by molar-refractivity contribution is -0.116. The minimum absolute atomic E-state index is 0.165. The number of hydrogen-bond donors (Lipinski definition) is 1. The molecule has 0 aliphatic carbocycles. The van der Waals surface area contributed by atoms with Gasteiger partial charge in [0.25, 0.3) is 0 Å². The highest BCUT2D eigenvalue weighted by Gasteiger charge is 2.10. The summed E-state index contributed by atoms with van der Waals surface area (Å²) in [5.74, 6) is 1.59. The number of methoxy groups -OCH3 is 2. The van der Waals surface area contributed by atoms with Crippen molar-refractivity contribution in [3.63, 3.8) is 0 Å². The summed E-state index contributed by atoms with van der Waals surface area (Å²) in [7, 11) is 3.17. The molecule has 0 atom stereocenters. The Morgan fingerprint density at radius 3 is 2.31 bits per heavy atom. The molecule has 0 aliphatic heterocycles. The Morgan fingerprint density at radius 2 is 1.62 bits per heavy atom. The average molecular weight is 395 g/mol. The van der Waals surface area contributed by atoms with Crippen molar-refractivity contribution in [2.24, 2.45) is 0 Å². The highest BCUT2D eigenvalue weighted by atomic mass is 19.1. The van der Waals surface area contributed by atoms with Crippen LogP contribution in [0.15, 0.2) is 66.7 Å². The van der Waals surface area contributed by atoms with Crippen molar-refractivity contribution in [2.75, 3.05) is 19.5 Å². The summed E-state index contributed by atoms with van der Waals surface area (Å²) in [6, 6.07) is 18.4. The number of carbonyl (C=O) groups excluding carboxylic acids is 1. The zero-order chi connectivity index (χ0) is 20.6. The van der Waals surface area contributed by atoms with E-state index in [1.54, 1.807) is 56.7 Å². The van der Waals surface area contributed by atoms with Crippen LogP contribution in [-0.2, 0) is 11.2 Å². The molecule has 0 spiro atoms. The lowest BCUT2D eigenvalue weighted by atomic mass is 10.1. The van der Waals surface area contributed by atoms with Gasteiger partial charge < -0.3 is 19.5 Å². The summed E-state index contributed by atoms with van der Waals surface area (Å²) in [4.78, 5) is 12.5. The number of carbonyl (C=O) groups is 1. The van der Waals surface area contributed by atoms with Crippen LogP contribution in [-0.4, -0.2) is 20.1 Å². The van der Waals surface area contributed by atoms with E-state index in [0.717, 1.165) is 5.56 Å². The standard InChI is InChI=1S/C23H22FNO4/c1-27-19-12-16(13-20(15-19)28-2)10-11-23(26)25-21-8-3-4-9-22(21)29-18-7-5-6-17(24)14-18/h3-9,12-15H,10-11H2,1-2H3,(H,25,26). The SMILES string of the molecule is COc1cc(CCC(=O)Nc2ccccc2Oc2cccc(F)c2)cc(OC)c1. The van der Waals surface area contributed by atoms with Crippen LogP contribution in [0.4, 0.5) is 10.1 Å². The van der Waals surface area contributed by atoms with Crippen LogP contribution >= 0.6 is 0 Å². The van der Waals surface area contributed by atoms with E-state index in [0.29, 0.717) is 35.1 Å². The summed E-state index contributed by atoms with van der Waals surface area (Å²) in [6.45, 7) is 0. The fourth-order valence-electron chi connectivity index (χ4n) is 2.80. The minimum atomic E-state index is -0.391. The zero-order valence-corrected chi connectivity index (χ0v) is 16.3. The van der Waals surface area contributed by atoms with Crippen molar-refractivity contribution in [3.8, 4) is 23.0 Å². The van der Waals surface area contributed by atoms with E-state index in [9.17, 15) is 9.18 Å². The molecule has 0 saturated carbocycles. The third kappa shape index (κ3) is 5.72. The molecule has 6 heteroatoms. The number of ether oxygens (including phenoxy) is 3. The van der Waals surface area contributed by atoms with Gasteiger partial charge in [-0.3, -0.25) is 4.79 Å². The predicted molar refractivity (Wildman–Crippen MR) is 109 cm³/mol. The van der Waals surface area contributed by atoms with Crippen molar-refractivity contribution >= 4 is 11.6 Å². The number of amides is 1. The molecule has 0 saturated heterocycles. The molecular formula is C23H22FNO4. The number of halogens is 1. The van der Waals surface area contributed by atoms with Gasteiger partial charge in [0, 0.05) is 18.6 Å². The van der Waals surface area contributed by atoms with Gasteiger partial charge in [-0.05, 0) is 48.4 Å². The first-order chi connectivity index (χ1) is 14.1. The summed E-state index contributed by atoms with van der Waals surface area (Å²) >= 11 is 0. The molecular weight excluding hydrogens is 373 g/mol. The minimum Gasteiger partial charge on any atom is -0.497 e. The molecule has 1 N–H and O–H groups in total. The number of rotatable bonds is 8. The Kier molecular flexibility index (Phi) is 6.68. The number of aryl methyl sites for hydroxylation is 1. The van der Waals surface area contributed by atoms with Crippen LogP contribution in [0.25, 0.3) is 0 Å². The Bertz CT molecular complexity index is 968. The molecule has 0 aromatic heterocycles. The molecule has 0 aliphatic rings. The second-order valence-corrected chi connectivity index (χ2v) is 6.32. The molecule has 5 nitrogen and oxygen atoms in total. The second kappa shape index (κ2) is 9.59. The van der Waals surface area contributed by atoms with E-state index in [1.807, 2.05) is 12.1 Å². The lowest BCUT2D eigenvalue weighted by Crippen LogP contribution is -2.13. The maximum Gasteiger partial charge on any atom is 0.224 e. The maximum absolute atomic E-state index is 13.4. The van der Waals surface area contributed by atoms with Crippen LogP contribution < -0.4 is 19.5 Å². The first kappa shape index (κ1) is 20.2.